The third-order valence-electron chi connectivity index (χ3n) is 6.09. The SMILES string of the molecule is CC(C)(C)CNc1c(C#N)cnc2c(Cl)cc(NC(c3ccc(F)cc3)c3cn(-c4ccncc4)nn3)cc12. The van der Waals surface area contributed by atoms with Crippen molar-refractivity contribution in [2.75, 3.05) is 17.2 Å². The standard InChI is InChI=1S/C29H26ClFN8/c1-29(2,3)17-35-26-19(14-32)15-34-28-23(26)12-21(13-24(28)30)36-27(18-4-6-20(31)7-5-18)25-16-39(38-37-25)22-8-10-33-11-9-22/h4-13,15-16,27,36H,17H2,1-3H3,(H,34,35). The Balaban J connectivity index is 1.58. The first-order valence-electron chi connectivity index (χ1n) is 12.3. The molecule has 0 saturated heterocycles. The van der Waals surface area contributed by atoms with E-state index in [1.807, 2.05) is 24.4 Å². The molecule has 2 N–H and O–H groups in total. The van der Waals surface area contributed by atoms with Crippen molar-refractivity contribution in [3.8, 4) is 11.8 Å². The normalized spacial score (nSPS) is 12.2. The maximum Gasteiger partial charge on any atom is 0.123 e. The van der Waals surface area contributed by atoms with Crippen LogP contribution in [0.1, 0.15) is 43.6 Å². The second kappa shape index (κ2) is 10.7. The molecule has 0 aliphatic heterocycles. The second-order valence-electron chi connectivity index (χ2n) is 10.3. The highest BCUT2D eigenvalue weighted by molar-refractivity contribution is 6.35. The average Bonchev–Trinajstić information content (AvgIpc) is 3.41. The van der Waals surface area contributed by atoms with Gasteiger partial charge in [0.1, 0.15) is 17.6 Å². The molecule has 1 unspecified atom stereocenters. The first kappa shape index (κ1) is 26.1. The molecule has 1 atom stereocenters. The molecule has 39 heavy (non-hydrogen) atoms. The highest BCUT2D eigenvalue weighted by atomic mass is 35.5. The Bertz CT molecular complexity index is 1650. The minimum absolute atomic E-state index is 0.0176. The lowest BCUT2D eigenvalue weighted by Crippen LogP contribution is -2.20. The van der Waals surface area contributed by atoms with Crippen LogP contribution in [-0.2, 0) is 0 Å². The zero-order valence-electron chi connectivity index (χ0n) is 21.7. The summed E-state index contributed by atoms with van der Waals surface area (Å²) in [5.74, 6) is -0.337. The zero-order valence-corrected chi connectivity index (χ0v) is 22.4. The molecule has 0 aliphatic rings. The summed E-state index contributed by atoms with van der Waals surface area (Å²) in [7, 11) is 0. The molecule has 5 rings (SSSR count). The summed E-state index contributed by atoms with van der Waals surface area (Å²) in [6, 6.07) is 15.3. The molecule has 0 aliphatic carbocycles. The van der Waals surface area contributed by atoms with Crippen LogP contribution in [0.15, 0.2) is 73.3 Å². The fraction of sp³-hybridized carbons (Fsp3) is 0.207. The van der Waals surface area contributed by atoms with E-state index in [1.54, 1.807) is 35.3 Å². The van der Waals surface area contributed by atoms with Crippen molar-refractivity contribution in [1.29, 1.82) is 5.26 Å². The number of pyridine rings is 2. The van der Waals surface area contributed by atoms with Crippen molar-refractivity contribution in [1.82, 2.24) is 25.0 Å². The first-order chi connectivity index (χ1) is 18.7. The van der Waals surface area contributed by atoms with Gasteiger partial charge in [-0.05, 0) is 47.4 Å². The second-order valence-corrected chi connectivity index (χ2v) is 10.8. The maximum absolute atomic E-state index is 13.8. The number of benzene rings is 2. The van der Waals surface area contributed by atoms with Crippen LogP contribution in [0.25, 0.3) is 16.6 Å². The van der Waals surface area contributed by atoms with Crippen molar-refractivity contribution >= 4 is 33.9 Å². The van der Waals surface area contributed by atoms with Gasteiger partial charge in [-0.15, -0.1) is 5.10 Å². The van der Waals surface area contributed by atoms with Crippen molar-refractivity contribution in [3.63, 3.8) is 0 Å². The fourth-order valence-electron chi connectivity index (χ4n) is 4.15. The molecule has 196 valence electrons. The molecule has 3 aromatic heterocycles. The Labute approximate surface area is 230 Å². The number of hydrogen-bond donors (Lipinski definition) is 2. The Morgan fingerprint density at radius 3 is 2.54 bits per heavy atom. The largest absolute Gasteiger partial charge is 0.383 e. The summed E-state index contributed by atoms with van der Waals surface area (Å²) in [6.45, 7) is 6.98. The van der Waals surface area contributed by atoms with E-state index in [4.69, 9.17) is 11.6 Å². The lowest BCUT2D eigenvalue weighted by molar-refractivity contribution is 0.443. The lowest BCUT2D eigenvalue weighted by atomic mass is 9.96. The van der Waals surface area contributed by atoms with Gasteiger partial charge in [0, 0.05) is 36.2 Å². The van der Waals surface area contributed by atoms with Crippen LogP contribution >= 0.6 is 11.6 Å². The van der Waals surface area contributed by atoms with Crippen molar-refractivity contribution in [2.45, 2.75) is 26.8 Å². The fourth-order valence-corrected chi connectivity index (χ4v) is 4.42. The molecule has 0 amide bonds. The van der Waals surface area contributed by atoms with Gasteiger partial charge in [0.25, 0.3) is 0 Å². The molecule has 0 bridgehead atoms. The van der Waals surface area contributed by atoms with Gasteiger partial charge in [-0.25, -0.2) is 9.07 Å². The Kier molecular flexibility index (Phi) is 7.13. The van der Waals surface area contributed by atoms with E-state index in [2.05, 4.69) is 57.8 Å². The van der Waals surface area contributed by atoms with E-state index in [-0.39, 0.29) is 11.2 Å². The van der Waals surface area contributed by atoms with E-state index < -0.39 is 6.04 Å². The van der Waals surface area contributed by atoms with Crippen LogP contribution in [0.3, 0.4) is 0 Å². The lowest BCUT2D eigenvalue weighted by Gasteiger charge is -2.22. The third-order valence-corrected chi connectivity index (χ3v) is 6.38. The minimum atomic E-state index is -0.479. The molecule has 8 nitrogen and oxygen atoms in total. The summed E-state index contributed by atoms with van der Waals surface area (Å²) in [6.07, 6.45) is 6.70. The van der Waals surface area contributed by atoms with Crippen LogP contribution in [0, 0.1) is 22.6 Å². The van der Waals surface area contributed by atoms with E-state index in [9.17, 15) is 9.65 Å². The number of nitrogens with one attached hydrogen (secondary N) is 2. The van der Waals surface area contributed by atoms with Gasteiger partial charge in [0.05, 0.1) is 39.7 Å². The number of nitriles is 1. The molecular weight excluding hydrogens is 515 g/mol. The van der Waals surface area contributed by atoms with Gasteiger partial charge in [-0.1, -0.05) is 49.7 Å². The molecule has 0 spiro atoms. The van der Waals surface area contributed by atoms with Crippen LogP contribution < -0.4 is 10.6 Å². The van der Waals surface area contributed by atoms with E-state index in [1.165, 1.54) is 18.3 Å². The molecule has 3 heterocycles. The van der Waals surface area contributed by atoms with Crippen molar-refractivity contribution < 1.29 is 4.39 Å². The van der Waals surface area contributed by atoms with Crippen LogP contribution in [0.5, 0.6) is 0 Å². The number of rotatable bonds is 7. The summed E-state index contributed by atoms with van der Waals surface area (Å²) in [5.41, 5.74) is 4.54. The van der Waals surface area contributed by atoms with Gasteiger partial charge in [-0.3, -0.25) is 9.97 Å². The molecule has 10 heteroatoms. The highest BCUT2D eigenvalue weighted by Crippen LogP contribution is 2.36. The zero-order chi connectivity index (χ0) is 27.6. The topological polar surface area (TPSA) is 104 Å². The summed E-state index contributed by atoms with van der Waals surface area (Å²) < 4.78 is 15.4. The monoisotopic (exact) mass is 540 g/mol. The van der Waals surface area contributed by atoms with Gasteiger partial charge in [0.15, 0.2) is 0 Å². The molecule has 0 saturated carbocycles. The summed E-state index contributed by atoms with van der Waals surface area (Å²) in [5, 5.41) is 26.5. The van der Waals surface area contributed by atoms with Crippen LogP contribution in [0.4, 0.5) is 15.8 Å². The van der Waals surface area contributed by atoms with Crippen molar-refractivity contribution in [2.24, 2.45) is 5.41 Å². The smallest absolute Gasteiger partial charge is 0.123 e. The maximum atomic E-state index is 13.8. The number of anilines is 2. The first-order valence-corrected chi connectivity index (χ1v) is 12.7. The molecule has 0 radical (unpaired) electrons. The number of halogens is 2. The number of aromatic nitrogens is 5. The minimum Gasteiger partial charge on any atom is -0.383 e. The summed E-state index contributed by atoms with van der Waals surface area (Å²) >= 11 is 6.70. The molecule has 5 aromatic rings. The number of fused-ring (bicyclic) bond motifs is 1. The average molecular weight is 541 g/mol. The van der Waals surface area contributed by atoms with E-state index in [0.29, 0.717) is 45.1 Å². The van der Waals surface area contributed by atoms with Gasteiger partial charge >= 0.3 is 0 Å². The quantitative estimate of drug-likeness (QED) is 0.242. The molecule has 0 fully saturated rings. The van der Waals surface area contributed by atoms with Gasteiger partial charge < -0.3 is 10.6 Å². The predicted molar refractivity (Wildman–Crippen MR) is 150 cm³/mol. The van der Waals surface area contributed by atoms with Crippen LogP contribution in [-0.4, -0.2) is 31.5 Å². The Morgan fingerprint density at radius 2 is 1.85 bits per heavy atom. The number of nitrogens with zero attached hydrogens (tertiary/aromatic N) is 6. The van der Waals surface area contributed by atoms with E-state index in [0.717, 1.165) is 11.3 Å². The number of hydrogen-bond acceptors (Lipinski definition) is 7. The van der Waals surface area contributed by atoms with Gasteiger partial charge in [-0.2, -0.15) is 5.26 Å². The summed E-state index contributed by atoms with van der Waals surface area (Å²) in [4.78, 5) is 8.50. The highest BCUT2D eigenvalue weighted by Gasteiger charge is 2.21. The molecule has 2 aromatic carbocycles. The van der Waals surface area contributed by atoms with E-state index >= 15 is 0 Å². The Hall–Kier alpha value is -4.55. The molecular formula is C29H26ClFN8. The van der Waals surface area contributed by atoms with Crippen LogP contribution in [0.2, 0.25) is 5.02 Å². The Morgan fingerprint density at radius 1 is 1.10 bits per heavy atom. The van der Waals surface area contributed by atoms with Gasteiger partial charge in [0.2, 0.25) is 0 Å². The van der Waals surface area contributed by atoms with Crippen molar-refractivity contribution in [3.05, 3.63) is 101 Å². The third kappa shape index (κ3) is 5.81. The predicted octanol–water partition coefficient (Wildman–Crippen LogP) is 6.53.